The van der Waals surface area contributed by atoms with Gasteiger partial charge in [0, 0.05) is 12.3 Å². The molecule has 0 aliphatic carbocycles. The first kappa shape index (κ1) is 12.2. The molecule has 0 amide bonds. The Labute approximate surface area is 89.7 Å². The molecular formula is C10H15NO3S. The molecule has 0 saturated carbocycles. The second-order valence-corrected chi connectivity index (χ2v) is 5.75. The lowest BCUT2D eigenvalue weighted by Gasteiger charge is -2.20. The summed E-state index contributed by atoms with van der Waals surface area (Å²) in [5.41, 5.74) is 6.51. The van der Waals surface area contributed by atoms with Crippen molar-refractivity contribution >= 4 is 9.84 Å². The maximum atomic E-state index is 11.3. The second-order valence-electron chi connectivity index (χ2n) is 3.49. The minimum Gasteiger partial charge on any atom is -0.395 e. The van der Waals surface area contributed by atoms with Gasteiger partial charge in [-0.05, 0) is 5.56 Å². The highest BCUT2D eigenvalue weighted by Crippen LogP contribution is 2.18. The van der Waals surface area contributed by atoms with E-state index >= 15 is 0 Å². The van der Waals surface area contributed by atoms with Gasteiger partial charge in [0.25, 0.3) is 0 Å². The van der Waals surface area contributed by atoms with Gasteiger partial charge in [0.05, 0.1) is 6.61 Å². The zero-order valence-corrected chi connectivity index (χ0v) is 9.31. The normalized spacial score (nSPS) is 15.9. The summed E-state index contributed by atoms with van der Waals surface area (Å²) in [5, 5.41) is 8.09. The summed E-state index contributed by atoms with van der Waals surface area (Å²) in [5.74, 6) is 0. The van der Waals surface area contributed by atoms with Crippen LogP contribution in [0.5, 0.6) is 0 Å². The van der Waals surface area contributed by atoms with Crippen molar-refractivity contribution < 1.29 is 13.5 Å². The van der Waals surface area contributed by atoms with Crippen LogP contribution in [0.4, 0.5) is 0 Å². The molecule has 1 aromatic carbocycles. The SMILES string of the molecule is CS(=O)(=O)[C@H](CO)[C@H](N)c1ccccc1. The second kappa shape index (κ2) is 4.74. The third kappa shape index (κ3) is 3.02. The molecule has 84 valence electrons. The quantitative estimate of drug-likeness (QED) is 0.767. The summed E-state index contributed by atoms with van der Waals surface area (Å²) in [6.45, 7) is -0.463. The van der Waals surface area contributed by atoms with E-state index in [1.807, 2.05) is 6.07 Å². The van der Waals surface area contributed by atoms with Crippen molar-refractivity contribution in [1.29, 1.82) is 0 Å². The van der Waals surface area contributed by atoms with Crippen LogP contribution in [-0.2, 0) is 9.84 Å². The molecule has 0 aliphatic heterocycles. The van der Waals surface area contributed by atoms with Gasteiger partial charge < -0.3 is 10.8 Å². The molecule has 0 radical (unpaired) electrons. The molecule has 0 unspecified atom stereocenters. The van der Waals surface area contributed by atoms with Crippen LogP contribution in [0.2, 0.25) is 0 Å². The summed E-state index contributed by atoms with van der Waals surface area (Å²) in [7, 11) is -3.34. The van der Waals surface area contributed by atoms with E-state index in [-0.39, 0.29) is 0 Å². The van der Waals surface area contributed by atoms with Gasteiger partial charge in [-0.1, -0.05) is 30.3 Å². The minimum atomic E-state index is -3.34. The van der Waals surface area contributed by atoms with Gasteiger partial charge >= 0.3 is 0 Å². The van der Waals surface area contributed by atoms with Crippen molar-refractivity contribution in [2.75, 3.05) is 12.9 Å². The number of benzene rings is 1. The summed E-state index contributed by atoms with van der Waals surface area (Å²) in [4.78, 5) is 0. The average molecular weight is 229 g/mol. The topological polar surface area (TPSA) is 80.4 Å². The molecule has 2 atom stereocenters. The van der Waals surface area contributed by atoms with Crippen molar-refractivity contribution in [2.24, 2.45) is 5.73 Å². The van der Waals surface area contributed by atoms with Gasteiger partial charge in [-0.25, -0.2) is 8.42 Å². The van der Waals surface area contributed by atoms with Crippen LogP contribution in [0.25, 0.3) is 0 Å². The Morgan fingerprint density at radius 3 is 2.27 bits per heavy atom. The van der Waals surface area contributed by atoms with Crippen molar-refractivity contribution in [1.82, 2.24) is 0 Å². The van der Waals surface area contributed by atoms with E-state index < -0.39 is 27.7 Å². The molecule has 1 rings (SSSR count). The van der Waals surface area contributed by atoms with Gasteiger partial charge in [0.15, 0.2) is 9.84 Å². The monoisotopic (exact) mass is 229 g/mol. The van der Waals surface area contributed by atoms with E-state index in [0.29, 0.717) is 5.56 Å². The molecule has 1 aromatic rings. The van der Waals surface area contributed by atoms with Gasteiger partial charge in [-0.2, -0.15) is 0 Å². The first-order chi connectivity index (χ1) is 6.96. The number of aliphatic hydroxyl groups excluding tert-OH is 1. The fourth-order valence-corrected chi connectivity index (χ4v) is 2.37. The summed E-state index contributed by atoms with van der Waals surface area (Å²) >= 11 is 0. The lowest BCUT2D eigenvalue weighted by Crippen LogP contribution is -2.36. The largest absolute Gasteiger partial charge is 0.395 e. The van der Waals surface area contributed by atoms with Gasteiger partial charge in [-0.3, -0.25) is 0 Å². The smallest absolute Gasteiger partial charge is 0.154 e. The van der Waals surface area contributed by atoms with Crippen LogP contribution in [0.15, 0.2) is 30.3 Å². The minimum absolute atomic E-state index is 0.463. The third-order valence-corrected chi connectivity index (χ3v) is 3.86. The van der Waals surface area contributed by atoms with E-state index in [1.165, 1.54) is 0 Å². The van der Waals surface area contributed by atoms with Gasteiger partial charge in [-0.15, -0.1) is 0 Å². The molecule has 15 heavy (non-hydrogen) atoms. The summed E-state index contributed by atoms with van der Waals surface area (Å²) in [6.07, 6.45) is 1.08. The average Bonchev–Trinajstić information content (AvgIpc) is 2.18. The van der Waals surface area contributed by atoms with Crippen LogP contribution >= 0.6 is 0 Å². The number of sulfone groups is 1. The Hall–Kier alpha value is -0.910. The van der Waals surface area contributed by atoms with E-state index in [4.69, 9.17) is 10.8 Å². The lowest BCUT2D eigenvalue weighted by molar-refractivity contribution is 0.278. The molecule has 0 fully saturated rings. The zero-order valence-electron chi connectivity index (χ0n) is 8.50. The van der Waals surface area contributed by atoms with Gasteiger partial charge in [0.2, 0.25) is 0 Å². The number of rotatable bonds is 4. The highest BCUT2D eigenvalue weighted by Gasteiger charge is 2.27. The molecule has 0 bridgehead atoms. The van der Waals surface area contributed by atoms with Crippen LogP contribution < -0.4 is 5.73 Å². The van der Waals surface area contributed by atoms with Crippen LogP contribution in [0.3, 0.4) is 0 Å². The molecule has 0 aliphatic rings. The molecule has 0 saturated heterocycles. The Morgan fingerprint density at radius 2 is 1.87 bits per heavy atom. The summed E-state index contributed by atoms with van der Waals surface area (Å²) in [6, 6.07) is 8.20. The first-order valence-electron chi connectivity index (χ1n) is 4.57. The zero-order chi connectivity index (χ0) is 11.5. The van der Waals surface area contributed by atoms with Crippen molar-refractivity contribution in [3.63, 3.8) is 0 Å². The highest BCUT2D eigenvalue weighted by molar-refractivity contribution is 7.91. The third-order valence-electron chi connectivity index (χ3n) is 2.31. The number of hydrogen-bond donors (Lipinski definition) is 2. The molecule has 5 heteroatoms. The van der Waals surface area contributed by atoms with E-state index in [1.54, 1.807) is 24.3 Å². The molecule has 4 nitrogen and oxygen atoms in total. The summed E-state index contributed by atoms with van der Waals surface area (Å²) < 4.78 is 22.7. The molecule has 3 N–H and O–H groups in total. The molecule has 0 heterocycles. The molecule has 0 spiro atoms. The standard InChI is InChI=1S/C10H15NO3S/c1-15(13,14)9(7-12)10(11)8-5-3-2-4-6-8/h2-6,9-10,12H,7,11H2,1H3/t9-,10-/m1/s1. The highest BCUT2D eigenvalue weighted by atomic mass is 32.2. The van der Waals surface area contributed by atoms with Crippen molar-refractivity contribution in [3.05, 3.63) is 35.9 Å². The Balaban J connectivity index is 2.98. The Morgan fingerprint density at radius 1 is 1.33 bits per heavy atom. The van der Waals surface area contributed by atoms with Crippen LogP contribution in [0.1, 0.15) is 11.6 Å². The predicted octanol–water partition coefficient (Wildman–Crippen LogP) is 0.0919. The Bertz CT molecular complexity index is 402. The fraction of sp³-hybridized carbons (Fsp3) is 0.400. The van der Waals surface area contributed by atoms with E-state index in [9.17, 15) is 8.42 Å². The maximum absolute atomic E-state index is 11.3. The van der Waals surface area contributed by atoms with E-state index in [2.05, 4.69) is 0 Å². The number of aliphatic hydroxyl groups is 1. The first-order valence-corrected chi connectivity index (χ1v) is 6.52. The predicted molar refractivity (Wildman–Crippen MR) is 59.1 cm³/mol. The number of hydrogen-bond acceptors (Lipinski definition) is 4. The fourth-order valence-electron chi connectivity index (χ4n) is 1.41. The van der Waals surface area contributed by atoms with E-state index in [0.717, 1.165) is 6.26 Å². The van der Waals surface area contributed by atoms with Crippen molar-refractivity contribution in [2.45, 2.75) is 11.3 Å². The van der Waals surface area contributed by atoms with Crippen molar-refractivity contribution in [3.8, 4) is 0 Å². The lowest BCUT2D eigenvalue weighted by atomic mass is 10.1. The Kier molecular flexibility index (Phi) is 3.84. The molecule has 0 aromatic heterocycles. The van der Waals surface area contributed by atoms with Crippen LogP contribution in [-0.4, -0.2) is 31.6 Å². The van der Waals surface area contributed by atoms with Crippen LogP contribution in [0, 0.1) is 0 Å². The molecular weight excluding hydrogens is 214 g/mol. The maximum Gasteiger partial charge on any atom is 0.154 e. The number of nitrogens with two attached hydrogens (primary N) is 1. The van der Waals surface area contributed by atoms with Gasteiger partial charge in [0.1, 0.15) is 5.25 Å².